The summed E-state index contributed by atoms with van der Waals surface area (Å²) in [5, 5.41) is 0. The Kier molecular flexibility index (Phi) is 4.79. The lowest BCUT2D eigenvalue weighted by molar-refractivity contribution is 0.103. The SMILES string of the molecule is CC(C)(C)c1ccccc1C(=O)c1c(Br)cccc1OCC1CO1. The molecule has 3 nitrogen and oxygen atoms in total. The van der Waals surface area contributed by atoms with Gasteiger partial charge in [0.25, 0.3) is 0 Å². The third-order valence-corrected chi connectivity index (χ3v) is 4.67. The molecule has 0 saturated carbocycles. The molecule has 126 valence electrons. The van der Waals surface area contributed by atoms with E-state index in [0.717, 1.165) is 16.6 Å². The molecule has 1 saturated heterocycles. The van der Waals surface area contributed by atoms with Crippen LogP contribution < -0.4 is 4.74 Å². The van der Waals surface area contributed by atoms with Crippen LogP contribution in [0.15, 0.2) is 46.9 Å². The molecule has 1 atom stereocenters. The summed E-state index contributed by atoms with van der Waals surface area (Å²) in [6.07, 6.45) is 0.147. The molecule has 1 heterocycles. The number of benzene rings is 2. The van der Waals surface area contributed by atoms with E-state index in [1.165, 1.54) is 0 Å². The zero-order chi connectivity index (χ0) is 17.3. The van der Waals surface area contributed by atoms with Gasteiger partial charge in [0.15, 0.2) is 5.78 Å². The smallest absolute Gasteiger partial charge is 0.198 e. The van der Waals surface area contributed by atoms with Crippen molar-refractivity contribution in [3.05, 3.63) is 63.6 Å². The maximum atomic E-state index is 13.3. The fourth-order valence-electron chi connectivity index (χ4n) is 2.66. The third-order valence-electron chi connectivity index (χ3n) is 4.01. The fraction of sp³-hybridized carbons (Fsp3) is 0.350. The fourth-order valence-corrected chi connectivity index (χ4v) is 3.19. The van der Waals surface area contributed by atoms with Crippen molar-refractivity contribution in [2.45, 2.75) is 32.3 Å². The molecule has 1 aliphatic heterocycles. The van der Waals surface area contributed by atoms with E-state index in [1.54, 1.807) is 0 Å². The van der Waals surface area contributed by atoms with Crippen molar-refractivity contribution < 1.29 is 14.3 Å². The largest absolute Gasteiger partial charge is 0.490 e. The Labute approximate surface area is 151 Å². The quantitative estimate of drug-likeness (QED) is 0.547. The predicted molar refractivity (Wildman–Crippen MR) is 98.0 cm³/mol. The summed E-state index contributed by atoms with van der Waals surface area (Å²) >= 11 is 3.51. The van der Waals surface area contributed by atoms with Crippen LogP contribution in [0.4, 0.5) is 0 Å². The molecule has 1 aliphatic rings. The van der Waals surface area contributed by atoms with Gasteiger partial charge >= 0.3 is 0 Å². The molecule has 0 radical (unpaired) electrons. The highest BCUT2D eigenvalue weighted by molar-refractivity contribution is 9.10. The number of rotatable bonds is 5. The maximum absolute atomic E-state index is 13.3. The van der Waals surface area contributed by atoms with Gasteiger partial charge in [-0.3, -0.25) is 4.79 Å². The highest BCUT2D eigenvalue weighted by atomic mass is 79.9. The van der Waals surface area contributed by atoms with E-state index in [0.29, 0.717) is 23.5 Å². The lowest BCUT2D eigenvalue weighted by atomic mass is 9.82. The first-order chi connectivity index (χ1) is 11.4. The Bertz CT molecular complexity index is 758. The second-order valence-electron chi connectivity index (χ2n) is 7.00. The molecule has 0 aromatic heterocycles. The van der Waals surface area contributed by atoms with E-state index in [9.17, 15) is 4.79 Å². The Hall–Kier alpha value is -1.65. The lowest BCUT2D eigenvalue weighted by Crippen LogP contribution is -2.18. The van der Waals surface area contributed by atoms with Gasteiger partial charge in [-0.25, -0.2) is 0 Å². The van der Waals surface area contributed by atoms with Crippen LogP contribution in [0, 0.1) is 0 Å². The number of epoxide rings is 1. The molecule has 24 heavy (non-hydrogen) atoms. The normalized spacial score (nSPS) is 16.8. The van der Waals surface area contributed by atoms with Gasteiger partial charge in [-0.1, -0.05) is 51.1 Å². The lowest BCUT2D eigenvalue weighted by Gasteiger charge is -2.23. The Balaban J connectivity index is 2.01. The van der Waals surface area contributed by atoms with Crippen molar-refractivity contribution >= 4 is 21.7 Å². The molecule has 2 aromatic rings. The van der Waals surface area contributed by atoms with Gasteiger partial charge in [0.05, 0.1) is 12.2 Å². The van der Waals surface area contributed by atoms with Crippen LogP contribution in [0.2, 0.25) is 0 Å². The molecule has 0 N–H and O–H groups in total. The number of hydrogen-bond acceptors (Lipinski definition) is 3. The number of carbonyl (C=O) groups is 1. The number of ether oxygens (including phenoxy) is 2. The molecule has 2 aromatic carbocycles. The van der Waals surface area contributed by atoms with E-state index in [-0.39, 0.29) is 17.3 Å². The standard InChI is InChI=1S/C20H21BrO3/c1-20(2,3)15-8-5-4-7-14(15)19(22)18-16(21)9-6-10-17(18)24-12-13-11-23-13/h4-10,13H,11-12H2,1-3H3. The highest BCUT2D eigenvalue weighted by Crippen LogP contribution is 2.33. The molecular weight excluding hydrogens is 368 g/mol. The third kappa shape index (κ3) is 3.70. The first-order valence-electron chi connectivity index (χ1n) is 8.05. The minimum absolute atomic E-state index is 0.0280. The van der Waals surface area contributed by atoms with Crippen molar-refractivity contribution in [3.63, 3.8) is 0 Å². The van der Waals surface area contributed by atoms with Crippen molar-refractivity contribution in [2.75, 3.05) is 13.2 Å². The van der Waals surface area contributed by atoms with Crippen LogP contribution in [0.3, 0.4) is 0 Å². The zero-order valence-corrected chi connectivity index (χ0v) is 15.7. The minimum atomic E-state index is -0.115. The summed E-state index contributed by atoms with van der Waals surface area (Å²) in [5.74, 6) is 0.563. The van der Waals surface area contributed by atoms with Crippen molar-refractivity contribution in [3.8, 4) is 5.75 Å². The average Bonchev–Trinajstić information content (AvgIpc) is 3.36. The van der Waals surface area contributed by atoms with Gasteiger partial charge < -0.3 is 9.47 Å². The number of hydrogen-bond donors (Lipinski definition) is 0. The Morgan fingerprint density at radius 2 is 1.92 bits per heavy atom. The molecule has 1 fully saturated rings. The van der Waals surface area contributed by atoms with Crippen molar-refractivity contribution in [2.24, 2.45) is 0 Å². The van der Waals surface area contributed by atoms with Gasteiger partial charge in [-0.15, -0.1) is 0 Å². The molecule has 4 heteroatoms. The highest BCUT2D eigenvalue weighted by Gasteiger charge is 2.27. The van der Waals surface area contributed by atoms with Crippen molar-refractivity contribution in [1.82, 2.24) is 0 Å². The second kappa shape index (κ2) is 6.69. The van der Waals surface area contributed by atoms with Gasteiger partial charge in [0.2, 0.25) is 0 Å². The summed E-state index contributed by atoms with van der Waals surface area (Å²) < 4.78 is 11.8. The Morgan fingerprint density at radius 3 is 2.58 bits per heavy atom. The van der Waals surface area contributed by atoms with E-state index >= 15 is 0 Å². The van der Waals surface area contributed by atoms with E-state index in [2.05, 4.69) is 36.7 Å². The molecule has 3 rings (SSSR count). The van der Waals surface area contributed by atoms with Gasteiger partial charge in [-0.2, -0.15) is 0 Å². The first-order valence-corrected chi connectivity index (χ1v) is 8.84. The van der Waals surface area contributed by atoms with E-state index in [1.807, 2.05) is 42.5 Å². The summed E-state index contributed by atoms with van der Waals surface area (Å²) in [7, 11) is 0. The second-order valence-corrected chi connectivity index (χ2v) is 7.86. The monoisotopic (exact) mass is 388 g/mol. The zero-order valence-electron chi connectivity index (χ0n) is 14.1. The van der Waals surface area contributed by atoms with Crippen LogP contribution in [0.25, 0.3) is 0 Å². The van der Waals surface area contributed by atoms with Gasteiger partial charge in [0.1, 0.15) is 18.5 Å². The van der Waals surface area contributed by atoms with Crippen LogP contribution in [0.1, 0.15) is 42.3 Å². The summed E-state index contributed by atoms with van der Waals surface area (Å²) in [4.78, 5) is 13.3. The van der Waals surface area contributed by atoms with Crippen LogP contribution in [-0.4, -0.2) is 25.1 Å². The topological polar surface area (TPSA) is 38.8 Å². The van der Waals surface area contributed by atoms with Gasteiger partial charge in [0, 0.05) is 10.0 Å². The molecular formula is C20H21BrO3. The number of carbonyl (C=O) groups excluding carboxylic acids is 1. The van der Waals surface area contributed by atoms with Crippen LogP contribution in [-0.2, 0) is 10.2 Å². The molecule has 0 bridgehead atoms. The molecule has 1 unspecified atom stereocenters. The average molecular weight is 389 g/mol. The summed E-state index contributed by atoms with van der Waals surface area (Å²) in [5.41, 5.74) is 2.19. The van der Waals surface area contributed by atoms with Crippen LogP contribution in [0.5, 0.6) is 5.75 Å². The summed E-state index contributed by atoms with van der Waals surface area (Å²) in [6, 6.07) is 13.4. The molecule has 0 spiro atoms. The molecule has 0 aliphatic carbocycles. The predicted octanol–water partition coefficient (Wildman–Crippen LogP) is 4.76. The Morgan fingerprint density at radius 1 is 1.21 bits per heavy atom. The summed E-state index contributed by atoms with van der Waals surface area (Å²) in [6.45, 7) is 7.53. The van der Waals surface area contributed by atoms with Crippen molar-refractivity contribution in [1.29, 1.82) is 0 Å². The van der Waals surface area contributed by atoms with Crippen LogP contribution >= 0.6 is 15.9 Å². The first kappa shape index (κ1) is 17.2. The van der Waals surface area contributed by atoms with E-state index < -0.39 is 0 Å². The maximum Gasteiger partial charge on any atom is 0.198 e. The minimum Gasteiger partial charge on any atom is -0.490 e. The molecule has 0 amide bonds. The van der Waals surface area contributed by atoms with Gasteiger partial charge in [-0.05, 0) is 39.0 Å². The van der Waals surface area contributed by atoms with E-state index in [4.69, 9.17) is 9.47 Å². The number of ketones is 1. The number of halogens is 1.